The lowest BCUT2D eigenvalue weighted by Gasteiger charge is -2.29. The van der Waals surface area contributed by atoms with E-state index in [0.29, 0.717) is 19.3 Å². The van der Waals surface area contributed by atoms with E-state index in [1.54, 1.807) is 0 Å². The number of aromatic nitrogens is 4. The van der Waals surface area contributed by atoms with Gasteiger partial charge in [0.15, 0.2) is 17.0 Å². The molecule has 3 unspecified atom stereocenters. The molecule has 208 valence electrons. The molecule has 2 aromatic heterocycles. The number of carbonyl (C=O) groups is 2. The van der Waals surface area contributed by atoms with E-state index in [-0.39, 0.29) is 48.3 Å². The van der Waals surface area contributed by atoms with E-state index >= 15 is 0 Å². The minimum Gasteiger partial charge on any atom is -0.461 e. The van der Waals surface area contributed by atoms with Gasteiger partial charge in [-0.2, -0.15) is 14.4 Å². The Morgan fingerprint density at radius 2 is 1.97 bits per heavy atom. The summed E-state index contributed by atoms with van der Waals surface area (Å²) >= 11 is 0. The van der Waals surface area contributed by atoms with Gasteiger partial charge in [0.25, 0.3) is 0 Å². The summed E-state index contributed by atoms with van der Waals surface area (Å²) in [5.74, 6) is 1.44. The topological polar surface area (TPSA) is 131 Å². The first-order valence-corrected chi connectivity index (χ1v) is 13.5. The van der Waals surface area contributed by atoms with Gasteiger partial charge in [0, 0.05) is 12.8 Å². The normalized spacial score (nSPS) is 21.1. The number of nitrogen functional groups attached to an aromatic ring is 1. The number of hydrogen-bond acceptors (Lipinski definition) is 9. The Balaban J connectivity index is 1.85. The summed E-state index contributed by atoms with van der Waals surface area (Å²) < 4.78 is 33.2. The minimum atomic E-state index is -1.55. The second kappa shape index (κ2) is 13.5. The number of rotatable bonds is 14. The van der Waals surface area contributed by atoms with Gasteiger partial charge in [-0.3, -0.25) is 14.2 Å². The Kier molecular flexibility index (Phi) is 10.4. The van der Waals surface area contributed by atoms with Gasteiger partial charge in [0.1, 0.15) is 18.9 Å². The molecule has 0 radical (unpaired) electrons. The lowest BCUT2D eigenvalue weighted by molar-refractivity contribution is -0.169. The molecule has 1 aliphatic rings. The fourth-order valence-electron chi connectivity index (χ4n) is 4.76. The first kappa shape index (κ1) is 29.3. The number of terminal acetylenes is 1. The van der Waals surface area contributed by atoms with Crippen molar-refractivity contribution in [1.82, 2.24) is 19.5 Å². The second-order valence-corrected chi connectivity index (χ2v) is 9.72. The van der Waals surface area contributed by atoms with Crippen LogP contribution in [0.5, 0.6) is 0 Å². The third kappa shape index (κ3) is 6.78. The summed E-state index contributed by atoms with van der Waals surface area (Å²) in [4.78, 5) is 37.1. The first-order valence-electron chi connectivity index (χ1n) is 13.5. The van der Waals surface area contributed by atoms with Crippen LogP contribution in [0.25, 0.3) is 11.2 Å². The number of halogens is 1. The Bertz CT molecular complexity index is 1140. The fraction of sp³-hybridized carbons (Fsp3) is 0.667. The van der Waals surface area contributed by atoms with E-state index in [9.17, 15) is 14.0 Å². The number of hydrogen-bond donors (Lipinski definition) is 1. The molecule has 0 bridgehead atoms. The Morgan fingerprint density at radius 3 is 2.63 bits per heavy atom. The van der Waals surface area contributed by atoms with Crippen molar-refractivity contribution >= 4 is 28.9 Å². The molecule has 1 aliphatic heterocycles. The molecular weight excluding hydrogens is 493 g/mol. The highest BCUT2D eigenvalue weighted by Gasteiger charge is 2.52. The van der Waals surface area contributed by atoms with Gasteiger partial charge in [-0.15, -0.1) is 6.42 Å². The van der Waals surface area contributed by atoms with Gasteiger partial charge in [0.2, 0.25) is 5.60 Å². The molecule has 3 rings (SSSR count). The maximum absolute atomic E-state index is 13.9. The summed E-state index contributed by atoms with van der Waals surface area (Å²) in [6.07, 6.45) is 11.7. The molecule has 1 fully saturated rings. The molecule has 2 aromatic rings. The van der Waals surface area contributed by atoms with Gasteiger partial charge in [0.05, 0.1) is 12.2 Å². The van der Waals surface area contributed by atoms with Crippen LogP contribution in [-0.4, -0.2) is 49.8 Å². The molecule has 1 saturated heterocycles. The largest absolute Gasteiger partial charge is 0.461 e. The van der Waals surface area contributed by atoms with E-state index in [0.717, 1.165) is 32.1 Å². The molecule has 10 nitrogen and oxygen atoms in total. The van der Waals surface area contributed by atoms with E-state index in [1.807, 2.05) is 13.8 Å². The van der Waals surface area contributed by atoms with Gasteiger partial charge in [-0.1, -0.05) is 58.8 Å². The van der Waals surface area contributed by atoms with Gasteiger partial charge >= 0.3 is 18.0 Å². The highest BCUT2D eigenvalue weighted by molar-refractivity contribution is 5.81. The number of nitrogens with two attached hydrogens (primary N) is 1. The number of carbonyl (C=O) groups excluding carboxylic acids is 2. The third-order valence-electron chi connectivity index (χ3n) is 6.80. The molecule has 38 heavy (non-hydrogen) atoms. The first-order chi connectivity index (χ1) is 18.3. The van der Waals surface area contributed by atoms with Gasteiger partial charge in [-0.25, -0.2) is 4.98 Å². The van der Waals surface area contributed by atoms with Crippen molar-refractivity contribution in [3.05, 3.63) is 12.4 Å². The zero-order valence-electron chi connectivity index (χ0n) is 22.5. The monoisotopic (exact) mass is 531 g/mol. The number of unbranched alkanes of at least 4 members (excludes halogenated alkanes) is 3. The SMILES string of the molecule is C#CC1(COC(=O)C(CCC)CCC)OC(n2cnc3c(N)nc(F)nc32)CC1OC(=O)CCCCCC. The van der Waals surface area contributed by atoms with Crippen LogP contribution in [0.3, 0.4) is 0 Å². The predicted molar refractivity (Wildman–Crippen MR) is 139 cm³/mol. The average Bonchev–Trinajstić information content (AvgIpc) is 3.47. The van der Waals surface area contributed by atoms with Crippen LogP contribution in [-0.2, 0) is 23.8 Å². The maximum atomic E-state index is 13.9. The van der Waals surface area contributed by atoms with Crippen molar-refractivity contribution < 1.29 is 28.2 Å². The molecule has 3 heterocycles. The fourth-order valence-corrected chi connectivity index (χ4v) is 4.76. The zero-order valence-corrected chi connectivity index (χ0v) is 22.5. The Morgan fingerprint density at radius 1 is 1.24 bits per heavy atom. The summed E-state index contributed by atoms with van der Waals surface area (Å²) in [6, 6.07) is 0. The highest BCUT2D eigenvalue weighted by atomic mass is 19.1. The third-order valence-corrected chi connectivity index (χ3v) is 6.80. The molecule has 2 N–H and O–H groups in total. The molecule has 0 aliphatic carbocycles. The van der Waals surface area contributed by atoms with Gasteiger partial charge < -0.3 is 19.9 Å². The van der Waals surface area contributed by atoms with E-state index in [2.05, 4.69) is 27.8 Å². The van der Waals surface area contributed by atoms with Crippen molar-refractivity contribution in [2.45, 2.75) is 103 Å². The Hall–Kier alpha value is -3.26. The van der Waals surface area contributed by atoms with Crippen LogP contribution in [0.15, 0.2) is 6.33 Å². The molecule has 0 amide bonds. The molecule has 0 saturated carbocycles. The maximum Gasteiger partial charge on any atom is 0.312 e. The molecule has 3 atom stereocenters. The van der Waals surface area contributed by atoms with Crippen molar-refractivity contribution in [3.63, 3.8) is 0 Å². The van der Waals surface area contributed by atoms with E-state index in [4.69, 9.17) is 26.4 Å². The predicted octanol–water partition coefficient (Wildman–Crippen LogP) is 4.48. The standard InChI is InChI=1S/C27H38FN5O5/c1-5-9-10-11-14-21(34)37-19-15-20(33-17-30-22-23(29)31-26(28)32-24(22)33)38-27(19,8-4)16-36-25(35)18(12-6-2)13-7-3/h4,17-20H,5-7,9-16H2,1-3H3,(H2,29,31,32). The zero-order chi connectivity index (χ0) is 27.7. The van der Waals surface area contributed by atoms with Crippen molar-refractivity contribution in [3.8, 4) is 12.3 Å². The van der Waals surface area contributed by atoms with Crippen LogP contribution < -0.4 is 5.73 Å². The minimum absolute atomic E-state index is 0.111. The Labute approximate surface area is 222 Å². The molecular formula is C27H38FN5O5. The van der Waals surface area contributed by atoms with Crippen molar-refractivity contribution in [2.24, 2.45) is 5.92 Å². The lowest BCUT2D eigenvalue weighted by Crippen LogP contribution is -2.46. The number of fused-ring (bicyclic) bond motifs is 1. The summed E-state index contributed by atoms with van der Waals surface area (Å²) in [5, 5.41) is 0. The highest BCUT2D eigenvalue weighted by Crippen LogP contribution is 2.40. The number of esters is 2. The van der Waals surface area contributed by atoms with Gasteiger partial charge in [-0.05, 0) is 19.3 Å². The van der Waals surface area contributed by atoms with Crippen LogP contribution in [0, 0.1) is 24.3 Å². The number of anilines is 1. The van der Waals surface area contributed by atoms with Crippen LogP contribution >= 0.6 is 0 Å². The molecule has 11 heteroatoms. The van der Waals surface area contributed by atoms with Crippen molar-refractivity contribution in [2.75, 3.05) is 12.3 Å². The van der Waals surface area contributed by atoms with Crippen LogP contribution in [0.1, 0.15) is 91.2 Å². The summed E-state index contributed by atoms with van der Waals surface area (Å²) in [6.45, 7) is 5.81. The van der Waals surface area contributed by atoms with Crippen LogP contribution in [0.4, 0.5) is 10.2 Å². The van der Waals surface area contributed by atoms with E-state index in [1.165, 1.54) is 10.9 Å². The average molecular weight is 532 g/mol. The van der Waals surface area contributed by atoms with Crippen LogP contribution in [0.2, 0.25) is 0 Å². The molecule has 0 aromatic carbocycles. The summed E-state index contributed by atoms with van der Waals surface area (Å²) in [5.41, 5.74) is 4.57. The number of ether oxygens (including phenoxy) is 3. The number of nitrogens with zero attached hydrogens (tertiary/aromatic N) is 4. The molecule has 0 spiro atoms. The lowest BCUT2D eigenvalue weighted by atomic mass is 9.97. The smallest absolute Gasteiger partial charge is 0.312 e. The van der Waals surface area contributed by atoms with E-state index < -0.39 is 30.0 Å². The van der Waals surface area contributed by atoms with Crippen molar-refractivity contribution in [1.29, 1.82) is 0 Å². The quantitative estimate of drug-likeness (QED) is 0.162. The number of imidazole rings is 1. The summed E-state index contributed by atoms with van der Waals surface area (Å²) in [7, 11) is 0. The second-order valence-electron chi connectivity index (χ2n) is 9.72.